The first-order valence-corrected chi connectivity index (χ1v) is 8.26. The first-order valence-electron chi connectivity index (χ1n) is 7.38. The fourth-order valence-corrected chi connectivity index (χ4v) is 2.69. The quantitative estimate of drug-likeness (QED) is 0.609. The molecule has 0 saturated heterocycles. The third-order valence-electron chi connectivity index (χ3n) is 3.23. The van der Waals surface area contributed by atoms with Crippen LogP contribution in [-0.4, -0.2) is 18.4 Å². The van der Waals surface area contributed by atoms with Gasteiger partial charge in [-0.1, -0.05) is 36.4 Å². The molecule has 1 aromatic carbocycles. The molecule has 22 heavy (non-hydrogen) atoms. The highest BCUT2D eigenvalue weighted by atomic mass is 32.1. The molecule has 116 valence electrons. The topological polar surface area (TPSA) is 58.2 Å². The number of hydrogen-bond acceptors (Lipinski definition) is 3. The molecule has 0 bridgehead atoms. The Morgan fingerprint density at radius 3 is 2.41 bits per heavy atom. The van der Waals surface area contributed by atoms with Gasteiger partial charge in [0, 0.05) is 11.4 Å². The molecular weight excluding hydrogens is 296 g/mol. The maximum atomic E-state index is 11.6. The Kier molecular flexibility index (Phi) is 6.64. The summed E-state index contributed by atoms with van der Waals surface area (Å²) in [5.41, 5.74) is 1.29. The molecule has 0 saturated carbocycles. The highest BCUT2D eigenvalue weighted by Gasteiger charge is 2.12. The fourth-order valence-electron chi connectivity index (χ4n) is 2.04. The summed E-state index contributed by atoms with van der Waals surface area (Å²) in [6, 6.07) is 14.1. The van der Waals surface area contributed by atoms with Crippen LogP contribution in [0.1, 0.15) is 23.3 Å². The van der Waals surface area contributed by atoms with Gasteiger partial charge in [0.1, 0.15) is 0 Å². The molecule has 0 aliphatic heterocycles. The highest BCUT2D eigenvalue weighted by Crippen LogP contribution is 2.07. The Labute approximate surface area is 134 Å². The van der Waals surface area contributed by atoms with Crippen molar-refractivity contribution in [3.8, 4) is 0 Å². The number of benzene rings is 1. The average Bonchev–Trinajstić information content (AvgIpc) is 3.06. The van der Waals surface area contributed by atoms with Crippen molar-refractivity contribution < 1.29 is 9.59 Å². The van der Waals surface area contributed by atoms with E-state index in [1.165, 1.54) is 5.56 Å². The van der Waals surface area contributed by atoms with E-state index in [9.17, 15) is 9.59 Å². The zero-order chi connectivity index (χ0) is 15.6. The number of nitrogens with one attached hydrogen (secondary N) is 2. The monoisotopic (exact) mass is 316 g/mol. The number of thiophene rings is 1. The van der Waals surface area contributed by atoms with Gasteiger partial charge in [0.25, 0.3) is 0 Å². The number of rotatable bonds is 7. The molecule has 0 unspecified atom stereocenters. The lowest BCUT2D eigenvalue weighted by molar-refractivity contribution is -0.139. The van der Waals surface area contributed by atoms with Crippen LogP contribution >= 0.6 is 11.3 Å². The second-order valence-corrected chi connectivity index (χ2v) is 5.99. The molecule has 0 radical (unpaired) electrons. The van der Waals surface area contributed by atoms with Crippen molar-refractivity contribution in [2.75, 3.05) is 6.54 Å². The van der Waals surface area contributed by atoms with Gasteiger partial charge >= 0.3 is 11.8 Å². The third-order valence-corrected chi connectivity index (χ3v) is 4.11. The molecule has 0 spiro atoms. The SMILES string of the molecule is O=C(NCCCCc1ccccc1)C(=O)NCc1cccs1. The van der Waals surface area contributed by atoms with Crippen molar-refractivity contribution >= 4 is 23.2 Å². The average molecular weight is 316 g/mol. The van der Waals surface area contributed by atoms with Crippen LogP contribution in [0.3, 0.4) is 0 Å². The summed E-state index contributed by atoms with van der Waals surface area (Å²) in [7, 11) is 0. The van der Waals surface area contributed by atoms with Gasteiger partial charge in [-0.15, -0.1) is 11.3 Å². The van der Waals surface area contributed by atoms with Crippen molar-refractivity contribution in [2.24, 2.45) is 0 Å². The first kappa shape index (κ1) is 16.2. The second-order valence-electron chi connectivity index (χ2n) is 4.96. The lowest BCUT2D eigenvalue weighted by atomic mass is 10.1. The summed E-state index contributed by atoms with van der Waals surface area (Å²) < 4.78 is 0. The molecule has 2 amide bonds. The molecule has 1 heterocycles. The highest BCUT2D eigenvalue weighted by molar-refractivity contribution is 7.09. The van der Waals surface area contributed by atoms with E-state index in [2.05, 4.69) is 22.8 Å². The van der Waals surface area contributed by atoms with Gasteiger partial charge in [-0.2, -0.15) is 0 Å². The van der Waals surface area contributed by atoms with Crippen molar-refractivity contribution in [2.45, 2.75) is 25.8 Å². The molecule has 1 aromatic heterocycles. The van der Waals surface area contributed by atoms with Gasteiger partial charge in [0.2, 0.25) is 0 Å². The van der Waals surface area contributed by atoms with E-state index in [4.69, 9.17) is 0 Å². The molecule has 2 rings (SSSR count). The van der Waals surface area contributed by atoms with E-state index in [1.54, 1.807) is 11.3 Å². The third kappa shape index (κ3) is 5.69. The number of unbranched alkanes of at least 4 members (excludes halogenated alkanes) is 1. The summed E-state index contributed by atoms with van der Waals surface area (Å²) >= 11 is 1.55. The number of hydrogen-bond donors (Lipinski definition) is 2. The van der Waals surface area contributed by atoms with Crippen molar-refractivity contribution in [1.82, 2.24) is 10.6 Å². The maximum Gasteiger partial charge on any atom is 0.309 e. The predicted molar refractivity (Wildman–Crippen MR) is 88.6 cm³/mol. The molecular formula is C17H20N2O2S. The normalized spacial score (nSPS) is 10.2. The van der Waals surface area contributed by atoms with Gasteiger partial charge in [-0.3, -0.25) is 9.59 Å². The van der Waals surface area contributed by atoms with Crippen LogP contribution in [0.5, 0.6) is 0 Å². The van der Waals surface area contributed by atoms with Gasteiger partial charge in [0.15, 0.2) is 0 Å². The Bertz CT molecular complexity index is 582. The number of amides is 2. The number of carbonyl (C=O) groups excluding carboxylic acids is 2. The molecule has 0 atom stereocenters. The van der Waals surface area contributed by atoms with E-state index >= 15 is 0 Å². The summed E-state index contributed by atoms with van der Waals surface area (Å²) in [6.45, 7) is 0.927. The standard InChI is InChI=1S/C17H20N2O2S/c20-16(17(21)19-13-15-10-6-12-22-15)18-11-5-4-9-14-7-2-1-3-8-14/h1-3,6-8,10,12H,4-5,9,11,13H2,(H,18,20)(H,19,21). The zero-order valence-electron chi connectivity index (χ0n) is 12.4. The largest absolute Gasteiger partial charge is 0.348 e. The fraction of sp³-hybridized carbons (Fsp3) is 0.294. The van der Waals surface area contributed by atoms with Crippen LogP contribution in [0.15, 0.2) is 47.8 Å². The summed E-state index contributed by atoms with van der Waals surface area (Å²) in [4.78, 5) is 24.3. The van der Waals surface area contributed by atoms with Crippen molar-refractivity contribution in [1.29, 1.82) is 0 Å². The van der Waals surface area contributed by atoms with Gasteiger partial charge in [0.05, 0.1) is 6.54 Å². The van der Waals surface area contributed by atoms with Gasteiger partial charge < -0.3 is 10.6 Å². The minimum absolute atomic E-state index is 0.401. The van der Waals surface area contributed by atoms with Crippen molar-refractivity contribution in [3.63, 3.8) is 0 Å². The summed E-state index contributed by atoms with van der Waals surface area (Å²) in [6.07, 6.45) is 2.83. The van der Waals surface area contributed by atoms with Crippen LogP contribution < -0.4 is 10.6 Å². The van der Waals surface area contributed by atoms with Crippen LogP contribution in [0.2, 0.25) is 0 Å². The Morgan fingerprint density at radius 1 is 0.909 bits per heavy atom. The van der Waals surface area contributed by atoms with Crippen LogP contribution in [0.25, 0.3) is 0 Å². The lowest BCUT2D eigenvalue weighted by Crippen LogP contribution is -2.39. The van der Waals surface area contributed by atoms with Gasteiger partial charge in [-0.05, 0) is 36.3 Å². The lowest BCUT2D eigenvalue weighted by Gasteiger charge is -2.06. The minimum Gasteiger partial charge on any atom is -0.348 e. The molecule has 4 nitrogen and oxygen atoms in total. The zero-order valence-corrected chi connectivity index (χ0v) is 13.2. The summed E-state index contributed by atoms with van der Waals surface area (Å²) in [5, 5.41) is 7.20. The maximum absolute atomic E-state index is 11.6. The van der Waals surface area contributed by atoms with E-state index in [-0.39, 0.29) is 0 Å². The van der Waals surface area contributed by atoms with Crippen LogP contribution in [0, 0.1) is 0 Å². The summed E-state index contributed by atoms with van der Waals surface area (Å²) in [5.74, 6) is -1.13. The molecule has 2 aromatic rings. The van der Waals surface area contributed by atoms with Crippen LogP contribution in [0.4, 0.5) is 0 Å². The minimum atomic E-state index is -0.573. The van der Waals surface area contributed by atoms with E-state index < -0.39 is 11.8 Å². The molecule has 2 N–H and O–H groups in total. The molecule has 0 fully saturated rings. The Balaban J connectivity index is 1.56. The smallest absolute Gasteiger partial charge is 0.309 e. The first-order chi connectivity index (χ1) is 10.8. The Morgan fingerprint density at radius 2 is 1.68 bits per heavy atom. The van der Waals surface area contributed by atoms with E-state index in [1.807, 2.05) is 35.7 Å². The number of aryl methyl sites for hydroxylation is 1. The molecule has 0 aliphatic carbocycles. The van der Waals surface area contributed by atoms with Crippen LogP contribution in [-0.2, 0) is 22.6 Å². The molecule has 5 heteroatoms. The van der Waals surface area contributed by atoms with Gasteiger partial charge in [-0.25, -0.2) is 0 Å². The second kappa shape index (κ2) is 9.00. The van der Waals surface area contributed by atoms with Crippen molar-refractivity contribution in [3.05, 3.63) is 58.3 Å². The predicted octanol–water partition coefficient (Wildman–Crippen LogP) is 2.50. The Hall–Kier alpha value is -2.14. The molecule has 0 aliphatic rings. The van der Waals surface area contributed by atoms with E-state index in [0.29, 0.717) is 13.1 Å². The number of carbonyl (C=O) groups is 2. The van der Waals surface area contributed by atoms with E-state index in [0.717, 1.165) is 24.1 Å².